The number of pyridine rings is 2. The number of hydrogen-bond donors (Lipinski definition) is 2. The van der Waals surface area contributed by atoms with Crippen molar-refractivity contribution in [2.24, 2.45) is 11.7 Å². The lowest BCUT2D eigenvalue weighted by atomic mass is 9.67. The Morgan fingerprint density at radius 1 is 1.15 bits per heavy atom. The van der Waals surface area contributed by atoms with Gasteiger partial charge in [-0.1, -0.05) is 29.6 Å². The van der Waals surface area contributed by atoms with E-state index in [1.54, 1.807) is 13.3 Å². The highest BCUT2D eigenvalue weighted by Crippen LogP contribution is 2.43. The molecule has 0 radical (unpaired) electrons. The number of nitrogens with one attached hydrogen (secondary N) is 1. The molecule has 3 N–H and O–H groups in total. The Hall–Kier alpha value is -3.58. The summed E-state index contributed by atoms with van der Waals surface area (Å²) in [6, 6.07) is 7.80. The van der Waals surface area contributed by atoms with Crippen molar-refractivity contribution in [3.8, 4) is 28.8 Å². The average molecular weight is 564 g/mol. The van der Waals surface area contributed by atoms with Crippen LogP contribution < -0.4 is 20.1 Å². The van der Waals surface area contributed by atoms with E-state index in [1.165, 1.54) is 31.7 Å². The fourth-order valence-corrected chi connectivity index (χ4v) is 6.20. The fraction of sp³-hybridized carbons (Fsp3) is 0.357. The smallest absolute Gasteiger partial charge is 0.162 e. The van der Waals surface area contributed by atoms with Crippen molar-refractivity contribution >= 4 is 39.9 Å². The summed E-state index contributed by atoms with van der Waals surface area (Å²) in [5.74, 6) is 2.24. The minimum Gasteiger partial charge on any atom is -0.493 e. The molecule has 4 aromatic rings. The van der Waals surface area contributed by atoms with Crippen molar-refractivity contribution in [1.82, 2.24) is 20.2 Å². The summed E-state index contributed by atoms with van der Waals surface area (Å²) >= 11 is 12.7. The first-order chi connectivity index (χ1) is 18.8. The van der Waals surface area contributed by atoms with Gasteiger partial charge in [0.2, 0.25) is 0 Å². The average Bonchev–Trinajstić information content (AvgIpc) is 3.27. The quantitative estimate of drug-likeness (QED) is 0.294. The zero-order valence-corrected chi connectivity index (χ0v) is 23.1. The van der Waals surface area contributed by atoms with Gasteiger partial charge in [0.25, 0.3) is 0 Å². The predicted octanol–water partition coefficient (Wildman–Crippen LogP) is 5.66. The van der Waals surface area contributed by atoms with E-state index in [9.17, 15) is 5.26 Å². The highest BCUT2D eigenvalue weighted by Gasteiger charge is 2.48. The lowest BCUT2D eigenvalue weighted by molar-refractivity contribution is 0.133. The molecule has 0 bridgehead atoms. The maximum absolute atomic E-state index is 9.94. The van der Waals surface area contributed by atoms with Crippen LogP contribution in [-0.2, 0) is 0 Å². The second kappa shape index (κ2) is 9.87. The lowest BCUT2D eigenvalue weighted by Crippen LogP contribution is -2.72. The Labute approximate surface area is 235 Å². The maximum atomic E-state index is 9.94. The summed E-state index contributed by atoms with van der Waals surface area (Å²) in [6.45, 7) is 3.29. The van der Waals surface area contributed by atoms with Gasteiger partial charge in [-0.25, -0.2) is 4.98 Å². The minimum absolute atomic E-state index is 0.180. The van der Waals surface area contributed by atoms with Crippen LogP contribution >= 0.6 is 23.2 Å². The molecular weight excluding hydrogens is 537 g/mol. The molecule has 1 saturated carbocycles. The van der Waals surface area contributed by atoms with Crippen LogP contribution in [0.2, 0.25) is 10.0 Å². The van der Waals surface area contributed by atoms with Crippen molar-refractivity contribution in [3.05, 3.63) is 58.0 Å². The van der Waals surface area contributed by atoms with Crippen molar-refractivity contribution < 1.29 is 9.47 Å². The van der Waals surface area contributed by atoms with Crippen LogP contribution in [0.3, 0.4) is 0 Å². The number of ether oxygens (including phenoxy) is 2. The summed E-state index contributed by atoms with van der Waals surface area (Å²) in [7, 11) is 1.57. The van der Waals surface area contributed by atoms with Gasteiger partial charge in [0.05, 0.1) is 33.8 Å². The first kappa shape index (κ1) is 25.7. The molecule has 200 valence electrons. The van der Waals surface area contributed by atoms with Crippen molar-refractivity contribution in [2.75, 3.05) is 25.1 Å². The molecular formula is C28H27Cl2N7O2. The lowest BCUT2D eigenvalue weighted by Gasteiger charge is -2.55. The topological polar surface area (TPSA) is 126 Å². The SMILES string of the molecule is COc1cc2[nH]nc(-c3cnc(N4CC(N)(C5CCC5)C4)c(C#N)c3)c2cc1O[C@H](C)c1c(Cl)cncc1Cl. The van der Waals surface area contributed by atoms with E-state index < -0.39 is 6.10 Å². The number of nitrogens with two attached hydrogens (primary N) is 1. The molecule has 6 rings (SSSR count). The van der Waals surface area contributed by atoms with Crippen LogP contribution in [-0.4, -0.2) is 45.9 Å². The molecule has 11 heteroatoms. The molecule has 4 heterocycles. The van der Waals surface area contributed by atoms with E-state index >= 15 is 0 Å². The minimum atomic E-state index is -0.480. The van der Waals surface area contributed by atoms with Crippen molar-refractivity contribution in [3.63, 3.8) is 0 Å². The number of benzene rings is 1. The predicted molar refractivity (Wildman–Crippen MR) is 150 cm³/mol. The molecule has 39 heavy (non-hydrogen) atoms. The zero-order chi connectivity index (χ0) is 27.3. The van der Waals surface area contributed by atoms with Gasteiger partial charge in [0.15, 0.2) is 11.5 Å². The summed E-state index contributed by atoms with van der Waals surface area (Å²) in [5, 5.41) is 19.1. The van der Waals surface area contributed by atoms with E-state index in [0.29, 0.717) is 68.8 Å². The molecule has 1 atom stereocenters. The molecule has 0 spiro atoms. The van der Waals surface area contributed by atoms with Crippen LogP contribution in [0.4, 0.5) is 5.82 Å². The van der Waals surface area contributed by atoms with Gasteiger partial charge < -0.3 is 20.1 Å². The Morgan fingerprint density at radius 3 is 2.54 bits per heavy atom. The number of hydrogen-bond acceptors (Lipinski definition) is 8. The van der Waals surface area contributed by atoms with Gasteiger partial charge in [0.1, 0.15) is 23.7 Å². The number of anilines is 1. The zero-order valence-electron chi connectivity index (χ0n) is 21.5. The van der Waals surface area contributed by atoms with Crippen LogP contribution in [0, 0.1) is 17.2 Å². The number of aromatic nitrogens is 4. The van der Waals surface area contributed by atoms with Gasteiger partial charge in [-0.3, -0.25) is 10.1 Å². The Kier molecular flexibility index (Phi) is 6.50. The molecule has 2 aliphatic rings. The van der Waals surface area contributed by atoms with E-state index in [0.717, 1.165) is 10.9 Å². The monoisotopic (exact) mass is 563 g/mol. The first-order valence-electron chi connectivity index (χ1n) is 12.8. The molecule has 1 aliphatic carbocycles. The largest absolute Gasteiger partial charge is 0.493 e. The second-order valence-corrected chi connectivity index (χ2v) is 11.1. The summed E-state index contributed by atoms with van der Waals surface area (Å²) < 4.78 is 11.9. The molecule has 1 aliphatic heterocycles. The van der Waals surface area contributed by atoms with Crippen LogP contribution in [0.15, 0.2) is 36.8 Å². The third-order valence-electron chi connectivity index (χ3n) is 7.90. The normalized spacial score (nSPS) is 17.3. The number of aromatic amines is 1. The molecule has 2 fully saturated rings. The van der Waals surface area contributed by atoms with Gasteiger partial charge in [-0.15, -0.1) is 0 Å². The fourth-order valence-electron chi connectivity index (χ4n) is 5.53. The third kappa shape index (κ3) is 4.42. The van der Waals surface area contributed by atoms with Gasteiger partial charge >= 0.3 is 0 Å². The second-order valence-electron chi connectivity index (χ2n) is 10.3. The molecule has 9 nitrogen and oxygen atoms in total. The maximum Gasteiger partial charge on any atom is 0.162 e. The molecule has 1 saturated heterocycles. The van der Waals surface area contributed by atoms with E-state index in [2.05, 4.69) is 31.1 Å². The summed E-state index contributed by atoms with van der Waals surface area (Å²) in [5.41, 5.74) is 9.66. The van der Waals surface area contributed by atoms with Crippen LogP contribution in [0.5, 0.6) is 11.5 Å². The first-order valence-corrected chi connectivity index (χ1v) is 13.5. The Balaban J connectivity index is 1.31. The van der Waals surface area contributed by atoms with Crippen LogP contribution in [0.1, 0.15) is 43.4 Å². The van der Waals surface area contributed by atoms with Gasteiger partial charge in [-0.05, 0) is 37.8 Å². The third-order valence-corrected chi connectivity index (χ3v) is 8.50. The standard InChI is InChI=1S/C28H27Cl2N7O2/c1-15(25-20(29)11-33-12-21(25)30)39-24-7-19-22(8-23(24)38-2)35-36-26(19)17-6-16(9-31)27(34-10-17)37-13-28(32,14-37)18-4-3-5-18/h6-8,10-12,15,18H,3-5,13-14,32H2,1-2H3,(H,35,36)/t15-/m1/s1. The number of methoxy groups -OCH3 is 1. The molecule has 1 aromatic carbocycles. The highest BCUT2D eigenvalue weighted by atomic mass is 35.5. The van der Waals surface area contributed by atoms with E-state index in [4.69, 9.17) is 38.4 Å². The number of halogens is 2. The number of fused-ring (bicyclic) bond motifs is 1. The number of H-pyrrole nitrogens is 1. The molecule has 0 amide bonds. The van der Waals surface area contributed by atoms with E-state index in [-0.39, 0.29) is 5.54 Å². The number of nitriles is 1. The number of nitrogens with zero attached hydrogens (tertiary/aromatic N) is 5. The van der Waals surface area contributed by atoms with Crippen LogP contribution in [0.25, 0.3) is 22.2 Å². The Morgan fingerprint density at radius 2 is 1.90 bits per heavy atom. The molecule has 0 unspecified atom stereocenters. The number of rotatable bonds is 7. The Bertz CT molecular complexity index is 1590. The highest BCUT2D eigenvalue weighted by molar-refractivity contribution is 6.35. The molecule has 3 aromatic heterocycles. The summed E-state index contributed by atoms with van der Waals surface area (Å²) in [4.78, 5) is 10.8. The van der Waals surface area contributed by atoms with Gasteiger partial charge in [-0.2, -0.15) is 10.4 Å². The van der Waals surface area contributed by atoms with Gasteiger partial charge in [0, 0.05) is 54.3 Å². The summed E-state index contributed by atoms with van der Waals surface area (Å²) in [6.07, 6.45) is 7.95. The van der Waals surface area contributed by atoms with Crippen molar-refractivity contribution in [2.45, 2.75) is 37.8 Å². The van der Waals surface area contributed by atoms with Crippen molar-refractivity contribution in [1.29, 1.82) is 5.26 Å². The van der Waals surface area contributed by atoms with E-state index in [1.807, 2.05) is 25.1 Å².